The van der Waals surface area contributed by atoms with Gasteiger partial charge in [-0.1, -0.05) is 55.5 Å². The van der Waals surface area contributed by atoms with E-state index >= 15 is 0 Å². The number of amides is 1. The lowest BCUT2D eigenvalue weighted by Crippen LogP contribution is -2.27. The molecular formula is C25H27NO5S2. The maximum atomic E-state index is 13.1. The van der Waals surface area contributed by atoms with Crippen molar-refractivity contribution >= 4 is 51.9 Å². The normalized spacial score (nSPS) is 14.7. The number of ether oxygens (including phenoxy) is 2. The van der Waals surface area contributed by atoms with Gasteiger partial charge in [0.1, 0.15) is 0 Å². The SMILES string of the molecule is CCCCc1ccc(N2C(=O)/C(=C\c3ccc(OCCC(=O)O)c(OCC)c3)SC2=S)cc1. The first-order valence-electron chi connectivity index (χ1n) is 10.9. The number of hydrogen-bond donors (Lipinski definition) is 1. The number of benzene rings is 2. The van der Waals surface area contributed by atoms with E-state index < -0.39 is 5.97 Å². The quantitative estimate of drug-likeness (QED) is 0.324. The van der Waals surface area contributed by atoms with Crippen molar-refractivity contribution in [3.8, 4) is 11.5 Å². The number of thioether (sulfide) groups is 1. The average Bonchev–Trinajstić information content (AvgIpc) is 3.07. The molecule has 0 unspecified atom stereocenters. The number of unbranched alkanes of at least 4 members (excludes halogenated alkanes) is 1. The molecule has 1 N–H and O–H groups in total. The minimum absolute atomic E-state index is 0.0463. The van der Waals surface area contributed by atoms with Crippen molar-refractivity contribution in [1.29, 1.82) is 0 Å². The predicted molar refractivity (Wildman–Crippen MR) is 136 cm³/mol. The highest BCUT2D eigenvalue weighted by atomic mass is 32.2. The van der Waals surface area contributed by atoms with Gasteiger partial charge in [0.25, 0.3) is 5.91 Å². The first kappa shape index (κ1) is 24.8. The van der Waals surface area contributed by atoms with Crippen molar-refractivity contribution in [3.05, 3.63) is 58.5 Å². The summed E-state index contributed by atoms with van der Waals surface area (Å²) < 4.78 is 11.7. The molecule has 2 aromatic carbocycles. The summed E-state index contributed by atoms with van der Waals surface area (Å²) in [5.41, 5.74) is 2.77. The Kier molecular flexibility index (Phi) is 8.91. The van der Waals surface area contributed by atoms with Gasteiger partial charge in [0.2, 0.25) is 0 Å². The molecule has 3 rings (SSSR count). The third-order valence-corrected chi connectivity index (χ3v) is 6.25. The molecule has 0 bridgehead atoms. The topological polar surface area (TPSA) is 76.1 Å². The molecule has 6 nitrogen and oxygen atoms in total. The van der Waals surface area contributed by atoms with E-state index in [0.717, 1.165) is 30.5 Å². The van der Waals surface area contributed by atoms with Gasteiger partial charge in [0, 0.05) is 0 Å². The van der Waals surface area contributed by atoms with Crippen molar-refractivity contribution in [3.63, 3.8) is 0 Å². The minimum Gasteiger partial charge on any atom is -0.490 e. The summed E-state index contributed by atoms with van der Waals surface area (Å²) in [6.07, 6.45) is 4.97. The molecule has 0 aromatic heterocycles. The highest BCUT2D eigenvalue weighted by Crippen LogP contribution is 2.37. The van der Waals surface area contributed by atoms with Crippen LogP contribution in [0.25, 0.3) is 6.08 Å². The van der Waals surface area contributed by atoms with E-state index in [4.69, 9.17) is 26.8 Å². The number of aliphatic carboxylic acids is 1. The van der Waals surface area contributed by atoms with Gasteiger partial charge >= 0.3 is 5.97 Å². The van der Waals surface area contributed by atoms with Gasteiger partial charge in [-0.2, -0.15) is 0 Å². The van der Waals surface area contributed by atoms with Crippen LogP contribution in [0.15, 0.2) is 47.4 Å². The average molecular weight is 486 g/mol. The monoisotopic (exact) mass is 485 g/mol. The third kappa shape index (κ3) is 6.58. The summed E-state index contributed by atoms with van der Waals surface area (Å²) in [6.45, 7) is 4.49. The molecule has 1 saturated heterocycles. The van der Waals surface area contributed by atoms with E-state index in [9.17, 15) is 9.59 Å². The van der Waals surface area contributed by atoms with Gasteiger partial charge in [0.15, 0.2) is 15.8 Å². The van der Waals surface area contributed by atoms with Gasteiger partial charge in [-0.05, 0) is 61.2 Å². The van der Waals surface area contributed by atoms with Crippen molar-refractivity contribution in [2.75, 3.05) is 18.1 Å². The third-order valence-electron chi connectivity index (χ3n) is 4.95. The second-order valence-electron chi connectivity index (χ2n) is 7.42. The highest BCUT2D eigenvalue weighted by Gasteiger charge is 2.33. The molecular weight excluding hydrogens is 458 g/mol. The van der Waals surface area contributed by atoms with Crippen LogP contribution in [0.1, 0.15) is 44.2 Å². The number of carboxylic acids is 1. The van der Waals surface area contributed by atoms with Gasteiger partial charge in [-0.15, -0.1) is 0 Å². The van der Waals surface area contributed by atoms with Gasteiger partial charge < -0.3 is 14.6 Å². The molecule has 0 atom stereocenters. The fourth-order valence-corrected chi connectivity index (χ4v) is 4.58. The lowest BCUT2D eigenvalue weighted by atomic mass is 10.1. The van der Waals surface area contributed by atoms with Crippen molar-refractivity contribution in [2.24, 2.45) is 0 Å². The number of thiocarbonyl (C=S) groups is 1. The smallest absolute Gasteiger partial charge is 0.306 e. The van der Waals surface area contributed by atoms with Crippen LogP contribution < -0.4 is 14.4 Å². The molecule has 2 aromatic rings. The molecule has 0 saturated carbocycles. The number of anilines is 1. The zero-order valence-corrected chi connectivity index (χ0v) is 20.3. The van der Waals surface area contributed by atoms with E-state index in [1.54, 1.807) is 29.2 Å². The lowest BCUT2D eigenvalue weighted by molar-refractivity contribution is -0.137. The number of carbonyl (C=O) groups is 2. The van der Waals surface area contributed by atoms with Gasteiger partial charge in [0.05, 0.1) is 30.2 Å². The molecule has 0 aliphatic carbocycles. The van der Waals surface area contributed by atoms with Crippen molar-refractivity contribution in [2.45, 2.75) is 39.5 Å². The number of hydrogen-bond acceptors (Lipinski definition) is 6. The van der Waals surface area contributed by atoms with E-state index in [2.05, 4.69) is 6.92 Å². The van der Waals surface area contributed by atoms with E-state index in [1.165, 1.54) is 17.3 Å². The van der Waals surface area contributed by atoms with Crippen LogP contribution in [0, 0.1) is 0 Å². The summed E-state index contributed by atoms with van der Waals surface area (Å²) in [5, 5.41) is 8.80. The predicted octanol–water partition coefficient (Wildman–Crippen LogP) is 5.69. The van der Waals surface area contributed by atoms with Crippen LogP contribution in [0.3, 0.4) is 0 Å². The fourth-order valence-electron chi connectivity index (χ4n) is 3.28. The van der Waals surface area contributed by atoms with Crippen LogP contribution in [-0.4, -0.2) is 34.5 Å². The van der Waals surface area contributed by atoms with Gasteiger partial charge in [-0.3, -0.25) is 14.5 Å². The van der Waals surface area contributed by atoms with Crippen LogP contribution in [0.2, 0.25) is 0 Å². The number of rotatable bonds is 11. The molecule has 1 fully saturated rings. The van der Waals surface area contributed by atoms with Crippen LogP contribution in [0.5, 0.6) is 11.5 Å². The second kappa shape index (κ2) is 11.9. The number of aryl methyl sites for hydroxylation is 1. The molecule has 33 heavy (non-hydrogen) atoms. The Bertz CT molecular complexity index is 1050. The van der Waals surface area contributed by atoms with E-state index in [1.807, 2.05) is 31.2 Å². The number of carbonyl (C=O) groups excluding carboxylic acids is 1. The number of carboxylic acid groups (broad SMARTS) is 1. The minimum atomic E-state index is -0.929. The summed E-state index contributed by atoms with van der Waals surface area (Å²) >= 11 is 6.75. The zero-order valence-electron chi connectivity index (χ0n) is 18.7. The maximum Gasteiger partial charge on any atom is 0.306 e. The second-order valence-corrected chi connectivity index (χ2v) is 9.09. The molecule has 0 spiro atoms. The van der Waals surface area contributed by atoms with Crippen molar-refractivity contribution in [1.82, 2.24) is 0 Å². The Morgan fingerprint density at radius 3 is 2.55 bits per heavy atom. The van der Waals surface area contributed by atoms with Crippen LogP contribution in [-0.2, 0) is 16.0 Å². The van der Waals surface area contributed by atoms with E-state index in [0.29, 0.717) is 27.3 Å². The first-order valence-corrected chi connectivity index (χ1v) is 12.1. The lowest BCUT2D eigenvalue weighted by Gasteiger charge is -2.15. The fraction of sp³-hybridized carbons (Fsp3) is 0.320. The summed E-state index contributed by atoms with van der Waals surface area (Å²) in [5.74, 6) is -0.131. The molecule has 1 aliphatic heterocycles. The zero-order chi connectivity index (χ0) is 23.8. The van der Waals surface area contributed by atoms with Crippen LogP contribution >= 0.6 is 24.0 Å². The molecule has 174 valence electrons. The van der Waals surface area contributed by atoms with E-state index in [-0.39, 0.29) is 18.9 Å². The standard InChI is InChI=1S/C25H27NO5S2/c1-3-5-6-17-7-10-19(11-8-17)26-24(29)22(33-25(26)32)16-18-9-12-20(21(15-18)30-4-2)31-14-13-23(27)28/h7-12,15-16H,3-6,13-14H2,1-2H3,(H,27,28)/b22-16+. The summed E-state index contributed by atoms with van der Waals surface area (Å²) in [6, 6.07) is 13.3. The van der Waals surface area contributed by atoms with Crippen LogP contribution in [0.4, 0.5) is 5.69 Å². The Labute approximate surface area is 203 Å². The molecule has 1 amide bonds. The molecule has 0 radical (unpaired) electrons. The Balaban J connectivity index is 1.77. The van der Waals surface area contributed by atoms with Gasteiger partial charge in [-0.25, -0.2) is 0 Å². The molecule has 8 heteroatoms. The Hall–Kier alpha value is -2.84. The molecule has 1 heterocycles. The summed E-state index contributed by atoms with van der Waals surface area (Å²) in [7, 11) is 0. The number of nitrogens with zero attached hydrogens (tertiary/aromatic N) is 1. The first-order chi connectivity index (χ1) is 15.9. The summed E-state index contributed by atoms with van der Waals surface area (Å²) in [4.78, 5) is 25.9. The Morgan fingerprint density at radius 1 is 1.12 bits per heavy atom. The Morgan fingerprint density at radius 2 is 1.88 bits per heavy atom. The largest absolute Gasteiger partial charge is 0.490 e. The maximum absolute atomic E-state index is 13.1. The highest BCUT2D eigenvalue weighted by molar-refractivity contribution is 8.27. The van der Waals surface area contributed by atoms with Crippen molar-refractivity contribution < 1.29 is 24.2 Å². The molecule has 1 aliphatic rings.